The first-order valence-corrected chi connectivity index (χ1v) is 5.22. The number of nitrogen functional groups attached to an aromatic ring is 1. The number of carbonyl (C=O) groups is 1. The normalized spacial score (nSPS) is 18.1. The topological polar surface area (TPSA) is 55.6 Å². The fraction of sp³-hybridized carbons (Fsp3) is 0.364. The first-order chi connectivity index (χ1) is 7.68. The average Bonchev–Trinajstić information content (AvgIpc) is 2.30. The summed E-state index contributed by atoms with van der Waals surface area (Å²) >= 11 is 0. The molecule has 84 valence electrons. The van der Waals surface area contributed by atoms with Gasteiger partial charge in [-0.1, -0.05) is 0 Å². The van der Waals surface area contributed by atoms with Gasteiger partial charge in [0.05, 0.1) is 11.4 Å². The molecular weight excluding hydrogens is 211 g/mol. The second-order valence-electron chi connectivity index (χ2n) is 4.03. The van der Waals surface area contributed by atoms with Crippen molar-refractivity contribution >= 4 is 17.3 Å². The first kappa shape index (κ1) is 9.45. The SMILES string of the molecule is Nc1c(F)cc2c3c1CCCN3C(=O)CO2. The van der Waals surface area contributed by atoms with E-state index in [4.69, 9.17) is 10.5 Å². The molecule has 1 amide bonds. The molecule has 2 aliphatic heterocycles. The number of carbonyl (C=O) groups excluding carboxylic acids is 1. The van der Waals surface area contributed by atoms with Crippen LogP contribution < -0.4 is 15.4 Å². The van der Waals surface area contributed by atoms with Crippen LogP contribution in [0.25, 0.3) is 0 Å². The summed E-state index contributed by atoms with van der Waals surface area (Å²) < 4.78 is 18.7. The van der Waals surface area contributed by atoms with E-state index in [2.05, 4.69) is 0 Å². The third-order valence-electron chi connectivity index (χ3n) is 3.09. The van der Waals surface area contributed by atoms with Crippen LogP contribution in [0.3, 0.4) is 0 Å². The number of hydrogen-bond donors (Lipinski definition) is 1. The van der Waals surface area contributed by atoms with Crippen molar-refractivity contribution in [1.29, 1.82) is 0 Å². The zero-order valence-electron chi connectivity index (χ0n) is 8.62. The van der Waals surface area contributed by atoms with Crippen LogP contribution in [0.5, 0.6) is 5.75 Å². The van der Waals surface area contributed by atoms with Gasteiger partial charge in [0.2, 0.25) is 0 Å². The lowest BCUT2D eigenvalue weighted by Crippen LogP contribution is -2.42. The zero-order valence-corrected chi connectivity index (χ0v) is 8.62. The number of anilines is 2. The van der Waals surface area contributed by atoms with Crippen LogP contribution in [-0.2, 0) is 11.2 Å². The highest BCUT2D eigenvalue weighted by Crippen LogP contribution is 2.42. The minimum Gasteiger partial charge on any atom is -0.481 e. The molecule has 0 saturated carbocycles. The minimum absolute atomic E-state index is 0.0181. The Morgan fingerprint density at radius 1 is 1.50 bits per heavy atom. The maximum Gasteiger partial charge on any atom is 0.265 e. The summed E-state index contributed by atoms with van der Waals surface area (Å²) in [7, 11) is 0. The number of nitrogens with zero attached hydrogens (tertiary/aromatic N) is 1. The van der Waals surface area contributed by atoms with Crippen LogP contribution in [0.4, 0.5) is 15.8 Å². The highest BCUT2D eigenvalue weighted by atomic mass is 19.1. The molecule has 5 heteroatoms. The number of benzene rings is 1. The van der Waals surface area contributed by atoms with Crippen molar-refractivity contribution in [3.8, 4) is 5.75 Å². The Bertz CT molecular complexity index is 487. The molecule has 0 atom stereocenters. The molecule has 2 heterocycles. The smallest absolute Gasteiger partial charge is 0.265 e. The van der Waals surface area contributed by atoms with Gasteiger partial charge in [-0.25, -0.2) is 4.39 Å². The zero-order chi connectivity index (χ0) is 11.3. The van der Waals surface area contributed by atoms with E-state index in [-0.39, 0.29) is 18.2 Å². The van der Waals surface area contributed by atoms with Gasteiger partial charge >= 0.3 is 0 Å². The fourth-order valence-electron chi connectivity index (χ4n) is 2.33. The van der Waals surface area contributed by atoms with Gasteiger partial charge in [-0.2, -0.15) is 0 Å². The first-order valence-electron chi connectivity index (χ1n) is 5.22. The second-order valence-corrected chi connectivity index (χ2v) is 4.03. The predicted octanol–water partition coefficient (Wildman–Crippen LogP) is 1.08. The van der Waals surface area contributed by atoms with Crippen molar-refractivity contribution < 1.29 is 13.9 Å². The number of halogens is 1. The van der Waals surface area contributed by atoms with E-state index in [9.17, 15) is 9.18 Å². The molecule has 3 rings (SSSR count). The lowest BCUT2D eigenvalue weighted by molar-refractivity contribution is -0.121. The molecule has 0 fully saturated rings. The van der Waals surface area contributed by atoms with Gasteiger partial charge in [0.1, 0.15) is 11.6 Å². The highest BCUT2D eigenvalue weighted by molar-refractivity contribution is 6.00. The van der Waals surface area contributed by atoms with Crippen molar-refractivity contribution in [3.05, 3.63) is 17.4 Å². The van der Waals surface area contributed by atoms with Crippen molar-refractivity contribution in [3.63, 3.8) is 0 Å². The molecule has 0 bridgehead atoms. The Hall–Kier alpha value is -1.78. The summed E-state index contributed by atoms with van der Waals surface area (Å²) in [6.45, 7) is 0.642. The summed E-state index contributed by atoms with van der Waals surface area (Å²) in [6, 6.07) is 1.26. The van der Waals surface area contributed by atoms with Crippen molar-refractivity contribution in [1.82, 2.24) is 0 Å². The monoisotopic (exact) mass is 222 g/mol. The largest absolute Gasteiger partial charge is 0.481 e. The molecule has 16 heavy (non-hydrogen) atoms. The highest BCUT2D eigenvalue weighted by Gasteiger charge is 2.32. The quantitative estimate of drug-likeness (QED) is 0.668. The molecule has 0 saturated heterocycles. The molecule has 4 nitrogen and oxygen atoms in total. The molecule has 1 aromatic rings. The molecule has 0 aromatic heterocycles. The Balaban J connectivity index is 2.28. The maximum atomic E-state index is 13.5. The van der Waals surface area contributed by atoms with Gasteiger partial charge in [-0.05, 0) is 12.8 Å². The summed E-state index contributed by atoms with van der Waals surface area (Å²) in [6.07, 6.45) is 1.50. The van der Waals surface area contributed by atoms with E-state index < -0.39 is 5.82 Å². The van der Waals surface area contributed by atoms with Crippen molar-refractivity contribution in [2.75, 3.05) is 23.8 Å². The fourth-order valence-corrected chi connectivity index (χ4v) is 2.33. The standard InChI is InChI=1S/C11H11FN2O2/c12-7-4-8-11-6(10(7)13)2-1-3-14(11)9(15)5-16-8/h4H,1-3,5,13H2. The summed E-state index contributed by atoms with van der Waals surface area (Å²) in [5, 5.41) is 0. The van der Waals surface area contributed by atoms with E-state index in [1.807, 2.05) is 0 Å². The number of ether oxygens (including phenoxy) is 1. The molecule has 1 aromatic carbocycles. The van der Waals surface area contributed by atoms with Crippen molar-refractivity contribution in [2.24, 2.45) is 0 Å². The Kier molecular flexibility index (Phi) is 1.83. The number of hydrogen-bond acceptors (Lipinski definition) is 3. The van der Waals surface area contributed by atoms with Gasteiger partial charge in [-0.15, -0.1) is 0 Å². The van der Waals surface area contributed by atoms with Crippen LogP contribution in [0, 0.1) is 5.82 Å². The maximum absolute atomic E-state index is 13.5. The number of amides is 1. The van der Waals surface area contributed by atoms with Crippen LogP contribution in [0.1, 0.15) is 12.0 Å². The molecule has 2 N–H and O–H groups in total. The van der Waals surface area contributed by atoms with E-state index in [0.29, 0.717) is 30.0 Å². The second kappa shape index (κ2) is 3.10. The van der Waals surface area contributed by atoms with Crippen LogP contribution in [-0.4, -0.2) is 19.1 Å². The Morgan fingerprint density at radius 3 is 3.12 bits per heavy atom. The molecular formula is C11H11FN2O2. The van der Waals surface area contributed by atoms with Crippen LogP contribution in [0.15, 0.2) is 6.07 Å². The van der Waals surface area contributed by atoms with Gasteiger partial charge < -0.3 is 15.4 Å². The Morgan fingerprint density at radius 2 is 2.31 bits per heavy atom. The van der Waals surface area contributed by atoms with Gasteiger partial charge in [0, 0.05) is 18.2 Å². The van der Waals surface area contributed by atoms with E-state index >= 15 is 0 Å². The molecule has 0 aliphatic carbocycles. The third-order valence-corrected chi connectivity index (χ3v) is 3.09. The molecule has 0 radical (unpaired) electrons. The van der Waals surface area contributed by atoms with Gasteiger partial charge in [0.15, 0.2) is 6.61 Å². The van der Waals surface area contributed by atoms with E-state index in [1.54, 1.807) is 4.90 Å². The van der Waals surface area contributed by atoms with E-state index in [1.165, 1.54) is 6.07 Å². The predicted molar refractivity (Wildman–Crippen MR) is 57.0 cm³/mol. The lowest BCUT2D eigenvalue weighted by Gasteiger charge is -2.35. The molecule has 0 unspecified atom stereocenters. The summed E-state index contributed by atoms with van der Waals surface area (Å²) in [4.78, 5) is 13.3. The van der Waals surface area contributed by atoms with Crippen LogP contribution >= 0.6 is 0 Å². The summed E-state index contributed by atoms with van der Waals surface area (Å²) in [5.74, 6) is -0.120. The minimum atomic E-state index is -0.468. The van der Waals surface area contributed by atoms with E-state index in [0.717, 1.165) is 6.42 Å². The Labute approximate surface area is 91.8 Å². The third kappa shape index (κ3) is 1.11. The summed E-state index contributed by atoms with van der Waals surface area (Å²) in [5.41, 5.74) is 7.20. The number of rotatable bonds is 0. The van der Waals surface area contributed by atoms with Crippen LogP contribution in [0.2, 0.25) is 0 Å². The van der Waals surface area contributed by atoms with Crippen molar-refractivity contribution in [2.45, 2.75) is 12.8 Å². The molecule has 0 spiro atoms. The van der Waals surface area contributed by atoms with Gasteiger partial charge in [0.25, 0.3) is 5.91 Å². The number of nitrogens with two attached hydrogens (primary N) is 1. The lowest BCUT2D eigenvalue weighted by atomic mass is 9.98. The molecule has 2 aliphatic rings. The van der Waals surface area contributed by atoms with Gasteiger partial charge in [-0.3, -0.25) is 4.79 Å². The average molecular weight is 222 g/mol.